The van der Waals surface area contributed by atoms with Crippen LogP contribution in [0.2, 0.25) is 6.55 Å². The quantitative estimate of drug-likeness (QED) is 0.563. The third kappa shape index (κ3) is 2.20. The van der Waals surface area contributed by atoms with Gasteiger partial charge in [-0.15, -0.1) is 0 Å². The number of hydrogen-bond donors (Lipinski definition) is 0. The van der Waals surface area contributed by atoms with Crippen LogP contribution in [0.1, 0.15) is 12.8 Å². The maximum Gasteiger partial charge on any atom is 0.360 e. The molecule has 0 spiro atoms. The highest BCUT2D eigenvalue weighted by Gasteiger charge is 2.44. The van der Waals surface area contributed by atoms with Gasteiger partial charge in [0.1, 0.15) is 0 Å². The Morgan fingerprint density at radius 2 is 2.09 bits per heavy atom. The molecule has 11 heavy (non-hydrogen) atoms. The van der Waals surface area contributed by atoms with Gasteiger partial charge in [0.2, 0.25) is 0 Å². The molecule has 0 N–H and O–H groups in total. The minimum absolute atomic E-state index is 0.463. The van der Waals surface area contributed by atoms with Crippen LogP contribution < -0.4 is 0 Å². The Labute approximate surface area is 65.1 Å². The van der Waals surface area contributed by atoms with Crippen molar-refractivity contribution in [2.24, 2.45) is 0 Å². The highest BCUT2D eigenvalue weighted by Crippen LogP contribution is 2.26. The van der Waals surface area contributed by atoms with Crippen LogP contribution in [0.25, 0.3) is 0 Å². The zero-order valence-corrected chi connectivity index (χ0v) is 7.47. The lowest BCUT2D eigenvalue weighted by atomic mass is 10.4. The molecule has 1 nitrogen and oxygen atoms in total. The maximum absolute atomic E-state index is 12.1. The summed E-state index contributed by atoms with van der Waals surface area (Å²) < 4.78 is 41.2. The van der Waals surface area contributed by atoms with Crippen molar-refractivity contribution in [2.45, 2.75) is 30.9 Å². The minimum atomic E-state index is -3.96. The lowest BCUT2D eigenvalue weighted by molar-refractivity contribution is -0.0573. The molecule has 0 aromatic heterocycles. The molecule has 1 heterocycles. The van der Waals surface area contributed by atoms with E-state index in [9.17, 15) is 13.2 Å². The molecule has 0 aromatic rings. The number of alkyl halides is 3. The largest absolute Gasteiger partial charge is 0.382 e. The molecule has 1 rings (SSSR count). The predicted octanol–water partition coefficient (Wildman–Crippen LogP) is 1.66. The summed E-state index contributed by atoms with van der Waals surface area (Å²) >= 11 is 0. The summed E-state index contributed by atoms with van der Waals surface area (Å²) in [6.07, 6.45) is 1.39. The van der Waals surface area contributed by atoms with Gasteiger partial charge in [0.25, 0.3) is 0 Å². The third-order valence-electron chi connectivity index (χ3n) is 2.04. The van der Waals surface area contributed by atoms with Crippen molar-refractivity contribution in [2.75, 3.05) is 6.61 Å². The van der Waals surface area contributed by atoms with Crippen LogP contribution >= 0.6 is 0 Å². The van der Waals surface area contributed by atoms with E-state index in [-0.39, 0.29) is 0 Å². The van der Waals surface area contributed by atoms with Crippen molar-refractivity contribution in [3.8, 4) is 0 Å². The molecular weight excluding hydrogens is 173 g/mol. The van der Waals surface area contributed by atoms with Gasteiger partial charge in [-0.2, -0.15) is 13.2 Å². The van der Waals surface area contributed by atoms with Crippen molar-refractivity contribution in [3.63, 3.8) is 0 Å². The smallest absolute Gasteiger partial charge is 0.360 e. The normalized spacial score (nSPS) is 28.9. The van der Waals surface area contributed by atoms with E-state index in [4.69, 9.17) is 4.74 Å². The average molecular weight is 184 g/mol. The fraction of sp³-hybridized carbons (Fsp3) is 1.00. The molecule has 0 amide bonds. The standard InChI is InChI=1S/C6H11F3OSi/c1-11(6(7,8)9)5-3-2-4-10-5/h5,11H,2-4H2,1H3. The molecule has 0 aliphatic carbocycles. The SMILES string of the molecule is C[SiH](C1CCCO1)C(F)(F)F. The lowest BCUT2D eigenvalue weighted by Crippen LogP contribution is -2.41. The van der Waals surface area contributed by atoms with E-state index in [1.807, 2.05) is 0 Å². The lowest BCUT2D eigenvalue weighted by Gasteiger charge is -2.19. The van der Waals surface area contributed by atoms with E-state index in [1.54, 1.807) is 0 Å². The molecule has 1 aliphatic heterocycles. The first-order valence-corrected chi connectivity index (χ1v) is 6.10. The molecular formula is C6H11F3OSi. The Hall–Kier alpha value is -0.0331. The van der Waals surface area contributed by atoms with Gasteiger partial charge in [-0.25, -0.2) is 0 Å². The molecule has 66 valence electrons. The fourth-order valence-electron chi connectivity index (χ4n) is 1.21. The minimum Gasteiger partial charge on any atom is -0.382 e. The maximum atomic E-state index is 12.1. The van der Waals surface area contributed by atoms with Gasteiger partial charge in [-0.1, -0.05) is 6.55 Å². The van der Waals surface area contributed by atoms with E-state index in [2.05, 4.69) is 0 Å². The Morgan fingerprint density at radius 1 is 1.45 bits per heavy atom. The fourth-order valence-corrected chi connectivity index (χ4v) is 2.79. The zero-order chi connectivity index (χ0) is 8.48. The highest BCUT2D eigenvalue weighted by atomic mass is 28.3. The van der Waals surface area contributed by atoms with Gasteiger partial charge < -0.3 is 4.74 Å². The van der Waals surface area contributed by atoms with Gasteiger partial charge in [-0.3, -0.25) is 0 Å². The van der Waals surface area contributed by atoms with E-state index in [1.165, 1.54) is 6.55 Å². The first-order chi connectivity index (χ1) is 5.02. The summed E-state index contributed by atoms with van der Waals surface area (Å²) in [7, 11) is -2.67. The second-order valence-electron chi connectivity index (χ2n) is 2.88. The van der Waals surface area contributed by atoms with E-state index in [0.717, 1.165) is 6.42 Å². The Kier molecular flexibility index (Phi) is 2.59. The molecule has 0 aromatic carbocycles. The van der Waals surface area contributed by atoms with E-state index < -0.39 is 20.3 Å². The molecule has 0 saturated carbocycles. The summed E-state index contributed by atoms with van der Waals surface area (Å²) in [5.74, 6) is -3.96. The first kappa shape index (κ1) is 9.06. The third-order valence-corrected chi connectivity index (χ3v) is 4.71. The van der Waals surface area contributed by atoms with Crippen molar-refractivity contribution in [1.82, 2.24) is 0 Å². The summed E-state index contributed by atoms with van der Waals surface area (Å²) in [6.45, 7) is 1.83. The summed E-state index contributed by atoms with van der Waals surface area (Å²) in [5.41, 5.74) is -0.463. The van der Waals surface area contributed by atoms with Crippen molar-refractivity contribution < 1.29 is 17.9 Å². The highest BCUT2D eigenvalue weighted by molar-refractivity contribution is 6.60. The van der Waals surface area contributed by atoms with Gasteiger partial charge in [0.15, 0.2) is 8.80 Å². The summed E-state index contributed by atoms with van der Waals surface area (Å²) in [6, 6.07) is 0. The number of rotatable bonds is 1. The molecule has 1 aliphatic rings. The van der Waals surface area contributed by atoms with Crippen molar-refractivity contribution in [3.05, 3.63) is 0 Å². The van der Waals surface area contributed by atoms with Crippen LogP contribution in [0.4, 0.5) is 13.2 Å². The van der Waals surface area contributed by atoms with Crippen LogP contribution in [0, 0.1) is 0 Å². The Morgan fingerprint density at radius 3 is 2.45 bits per heavy atom. The molecule has 0 bridgehead atoms. The zero-order valence-electron chi connectivity index (χ0n) is 6.32. The van der Waals surface area contributed by atoms with Gasteiger partial charge in [0.05, 0.1) is 5.73 Å². The molecule has 1 fully saturated rings. The first-order valence-electron chi connectivity index (χ1n) is 3.70. The van der Waals surface area contributed by atoms with Gasteiger partial charge in [-0.05, 0) is 12.8 Å². The van der Waals surface area contributed by atoms with Crippen LogP contribution in [-0.2, 0) is 4.74 Å². The van der Waals surface area contributed by atoms with Crippen molar-refractivity contribution in [1.29, 1.82) is 0 Å². The number of halogens is 3. The Balaban J connectivity index is 2.46. The molecule has 2 atom stereocenters. The Bertz CT molecular complexity index is 130. The second kappa shape index (κ2) is 3.14. The molecule has 0 radical (unpaired) electrons. The van der Waals surface area contributed by atoms with Crippen LogP contribution in [-0.4, -0.2) is 26.9 Å². The van der Waals surface area contributed by atoms with Crippen LogP contribution in [0.3, 0.4) is 0 Å². The summed E-state index contributed by atoms with van der Waals surface area (Å²) in [5, 5.41) is 0. The van der Waals surface area contributed by atoms with Crippen molar-refractivity contribution >= 4 is 8.80 Å². The number of ether oxygens (including phenoxy) is 1. The van der Waals surface area contributed by atoms with E-state index in [0.29, 0.717) is 13.0 Å². The molecule has 2 unspecified atom stereocenters. The van der Waals surface area contributed by atoms with E-state index >= 15 is 0 Å². The average Bonchev–Trinajstić information content (AvgIpc) is 2.34. The molecule has 5 heteroatoms. The predicted molar refractivity (Wildman–Crippen MR) is 38.0 cm³/mol. The number of hydrogen-bond acceptors (Lipinski definition) is 1. The topological polar surface area (TPSA) is 9.23 Å². The second-order valence-corrected chi connectivity index (χ2v) is 5.86. The van der Waals surface area contributed by atoms with Gasteiger partial charge >= 0.3 is 5.80 Å². The van der Waals surface area contributed by atoms with Crippen LogP contribution in [0.5, 0.6) is 0 Å². The molecule has 1 saturated heterocycles. The summed E-state index contributed by atoms with van der Waals surface area (Å²) in [4.78, 5) is 0. The van der Waals surface area contributed by atoms with Crippen LogP contribution in [0.15, 0.2) is 0 Å². The van der Waals surface area contributed by atoms with Gasteiger partial charge in [0, 0.05) is 6.61 Å². The monoisotopic (exact) mass is 184 g/mol.